The Balaban J connectivity index is 1.90. The third-order valence-electron chi connectivity index (χ3n) is 2.77. The van der Waals surface area contributed by atoms with Crippen LogP contribution in [0.5, 0.6) is 5.75 Å². The fraction of sp³-hybridized carbons (Fsp3) is 0.200. The standard InChI is InChI=1S/C15H14BrClN2O3/c1-9-7-11(17)3-5-13(9)21-10(2)15(20)19-18-8-12-4-6-14(16)22-12/h3-8,10H,1-2H3,(H,19,20). The van der Waals surface area contributed by atoms with Gasteiger partial charge in [-0.2, -0.15) is 5.10 Å². The topological polar surface area (TPSA) is 63.8 Å². The molecule has 116 valence electrons. The smallest absolute Gasteiger partial charge is 0.280 e. The molecule has 1 amide bonds. The first-order chi connectivity index (χ1) is 10.5. The molecule has 0 saturated carbocycles. The Morgan fingerprint density at radius 3 is 2.86 bits per heavy atom. The number of hydrazone groups is 1. The van der Waals surface area contributed by atoms with Crippen molar-refractivity contribution in [1.29, 1.82) is 0 Å². The van der Waals surface area contributed by atoms with Crippen molar-refractivity contribution < 1.29 is 13.9 Å². The molecule has 0 aliphatic rings. The molecule has 2 rings (SSSR count). The molecule has 0 bridgehead atoms. The third kappa shape index (κ3) is 4.61. The summed E-state index contributed by atoms with van der Waals surface area (Å²) in [5, 5.41) is 4.44. The minimum atomic E-state index is -0.694. The van der Waals surface area contributed by atoms with Crippen LogP contribution in [0.3, 0.4) is 0 Å². The van der Waals surface area contributed by atoms with Crippen LogP contribution in [0.4, 0.5) is 0 Å². The monoisotopic (exact) mass is 384 g/mol. The van der Waals surface area contributed by atoms with Gasteiger partial charge in [-0.3, -0.25) is 4.79 Å². The SMILES string of the molecule is Cc1cc(Cl)ccc1OC(C)C(=O)NN=Cc1ccc(Br)o1. The Kier molecular flexibility index (Phi) is 5.63. The van der Waals surface area contributed by atoms with Gasteiger partial charge in [0.2, 0.25) is 0 Å². The number of amides is 1. The van der Waals surface area contributed by atoms with Crippen LogP contribution < -0.4 is 10.2 Å². The summed E-state index contributed by atoms with van der Waals surface area (Å²) in [5.41, 5.74) is 3.25. The molecule has 1 aromatic carbocycles. The molecule has 1 heterocycles. The van der Waals surface area contributed by atoms with E-state index in [1.165, 1.54) is 6.21 Å². The lowest BCUT2D eigenvalue weighted by molar-refractivity contribution is -0.127. The summed E-state index contributed by atoms with van der Waals surface area (Å²) in [5.74, 6) is 0.761. The van der Waals surface area contributed by atoms with E-state index in [2.05, 4.69) is 26.5 Å². The molecule has 0 fully saturated rings. The molecule has 0 aliphatic heterocycles. The second kappa shape index (κ2) is 7.47. The number of benzene rings is 1. The highest BCUT2D eigenvalue weighted by atomic mass is 79.9. The zero-order chi connectivity index (χ0) is 16.1. The van der Waals surface area contributed by atoms with Crippen LogP contribution in [-0.4, -0.2) is 18.2 Å². The molecular weight excluding hydrogens is 372 g/mol. The maximum absolute atomic E-state index is 11.9. The molecule has 1 N–H and O–H groups in total. The Bertz CT molecular complexity index is 700. The van der Waals surface area contributed by atoms with Crippen molar-refractivity contribution in [2.24, 2.45) is 5.10 Å². The van der Waals surface area contributed by atoms with Gasteiger partial charge >= 0.3 is 0 Å². The Hall–Kier alpha value is -1.79. The van der Waals surface area contributed by atoms with E-state index in [-0.39, 0.29) is 5.91 Å². The van der Waals surface area contributed by atoms with Gasteiger partial charge in [-0.15, -0.1) is 0 Å². The number of furan rings is 1. The Morgan fingerprint density at radius 1 is 1.45 bits per heavy atom. The van der Waals surface area contributed by atoms with E-state index in [1.807, 2.05) is 6.92 Å². The van der Waals surface area contributed by atoms with Crippen molar-refractivity contribution >= 4 is 39.7 Å². The Morgan fingerprint density at radius 2 is 2.23 bits per heavy atom. The van der Waals surface area contributed by atoms with Gasteiger partial charge < -0.3 is 9.15 Å². The number of hydrogen-bond acceptors (Lipinski definition) is 4. The molecular formula is C15H14BrClN2O3. The first-order valence-electron chi connectivity index (χ1n) is 6.47. The van der Waals surface area contributed by atoms with Gasteiger partial charge in [0, 0.05) is 5.02 Å². The van der Waals surface area contributed by atoms with Crippen LogP contribution in [0, 0.1) is 6.92 Å². The molecule has 1 unspecified atom stereocenters. The second-order valence-corrected chi connectivity index (χ2v) is 5.76. The summed E-state index contributed by atoms with van der Waals surface area (Å²) < 4.78 is 11.4. The number of ether oxygens (including phenoxy) is 1. The largest absolute Gasteiger partial charge is 0.481 e. The highest BCUT2D eigenvalue weighted by Gasteiger charge is 2.15. The Labute approximate surface area is 141 Å². The van der Waals surface area contributed by atoms with Crippen LogP contribution in [-0.2, 0) is 4.79 Å². The molecule has 0 radical (unpaired) electrons. The summed E-state index contributed by atoms with van der Waals surface area (Å²) in [6.07, 6.45) is 0.712. The number of carbonyl (C=O) groups excluding carboxylic acids is 1. The molecule has 5 nitrogen and oxygen atoms in total. The van der Waals surface area contributed by atoms with Crippen LogP contribution in [0.15, 0.2) is 44.5 Å². The zero-order valence-corrected chi connectivity index (χ0v) is 14.3. The van der Waals surface area contributed by atoms with E-state index in [4.69, 9.17) is 20.8 Å². The normalized spacial score (nSPS) is 12.4. The number of hydrogen-bond donors (Lipinski definition) is 1. The van der Waals surface area contributed by atoms with Gasteiger partial charge in [-0.05, 0) is 65.7 Å². The van der Waals surface area contributed by atoms with E-state index in [9.17, 15) is 4.79 Å². The quantitative estimate of drug-likeness (QED) is 0.627. The van der Waals surface area contributed by atoms with Gasteiger partial charge in [0.1, 0.15) is 11.5 Å². The van der Waals surface area contributed by atoms with E-state index in [0.717, 1.165) is 5.56 Å². The van der Waals surface area contributed by atoms with Gasteiger partial charge in [0.05, 0.1) is 6.21 Å². The van der Waals surface area contributed by atoms with Gasteiger partial charge in [0.25, 0.3) is 5.91 Å². The molecule has 1 atom stereocenters. The summed E-state index contributed by atoms with van der Waals surface area (Å²) in [7, 11) is 0. The summed E-state index contributed by atoms with van der Waals surface area (Å²) >= 11 is 9.06. The number of halogens is 2. The highest BCUT2D eigenvalue weighted by molar-refractivity contribution is 9.10. The van der Waals surface area contributed by atoms with E-state index >= 15 is 0 Å². The lowest BCUT2D eigenvalue weighted by atomic mass is 10.2. The van der Waals surface area contributed by atoms with Crippen LogP contribution in [0.1, 0.15) is 18.2 Å². The molecule has 0 aliphatic carbocycles. The van der Waals surface area contributed by atoms with Gasteiger partial charge in [0.15, 0.2) is 10.8 Å². The molecule has 2 aromatic rings. The predicted octanol–water partition coefficient (Wildman–Crippen LogP) is 3.92. The second-order valence-electron chi connectivity index (χ2n) is 4.55. The highest BCUT2D eigenvalue weighted by Crippen LogP contribution is 2.22. The third-order valence-corrected chi connectivity index (χ3v) is 3.43. The van der Waals surface area contributed by atoms with Crippen LogP contribution >= 0.6 is 27.5 Å². The average Bonchev–Trinajstić information content (AvgIpc) is 2.87. The van der Waals surface area contributed by atoms with E-state index < -0.39 is 6.10 Å². The molecule has 1 aromatic heterocycles. The molecule has 0 spiro atoms. The minimum Gasteiger partial charge on any atom is -0.481 e. The maximum Gasteiger partial charge on any atom is 0.280 e. The van der Waals surface area contributed by atoms with Crippen molar-refractivity contribution in [3.63, 3.8) is 0 Å². The first-order valence-corrected chi connectivity index (χ1v) is 7.64. The molecule has 0 saturated heterocycles. The zero-order valence-electron chi connectivity index (χ0n) is 12.0. The van der Waals surface area contributed by atoms with Crippen molar-refractivity contribution in [3.05, 3.63) is 51.3 Å². The summed E-state index contributed by atoms with van der Waals surface area (Å²) in [6, 6.07) is 8.66. The fourth-order valence-electron chi connectivity index (χ4n) is 1.64. The fourth-order valence-corrected chi connectivity index (χ4v) is 2.18. The van der Waals surface area contributed by atoms with Crippen LogP contribution in [0.25, 0.3) is 0 Å². The number of nitrogens with one attached hydrogen (secondary N) is 1. The number of rotatable bonds is 5. The average molecular weight is 386 g/mol. The first kappa shape index (κ1) is 16.6. The summed E-state index contributed by atoms with van der Waals surface area (Å²) in [6.45, 7) is 3.50. The number of aryl methyl sites for hydroxylation is 1. The van der Waals surface area contributed by atoms with Crippen molar-refractivity contribution in [3.8, 4) is 5.75 Å². The minimum absolute atomic E-state index is 0.365. The lowest BCUT2D eigenvalue weighted by Crippen LogP contribution is -2.33. The van der Waals surface area contributed by atoms with E-state index in [1.54, 1.807) is 37.3 Å². The number of nitrogens with zero attached hydrogens (tertiary/aromatic N) is 1. The predicted molar refractivity (Wildman–Crippen MR) is 88.4 cm³/mol. The molecule has 7 heteroatoms. The number of carbonyl (C=O) groups is 1. The van der Waals surface area contributed by atoms with Crippen molar-refractivity contribution in [2.75, 3.05) is 0 Å². The van der Waals surface area contributed by atoms with E-state index in [0.29, 0.717) is 21.2 Å². The van der Waals surface area contributed by atoms with Crippen LogP contribution in [0.2, 0.25) is 5.02 Å². The van der Waals surface area contributed by atoms with Gasteiger partial charge in [-0.25, -0.2) is 5.43 Å². The lowest BCUT2D eigenvalue weighted by Gasteiger charge is -2.14. The van der Waals surface area contributed by atoms with Crippen molar-refractivity contribution in [1.82, 2.24) is 5.43 Å². The van der Waals surface area contributed by atoms with Gasteiger partial charge in [-0.1, -0.05) is 11.6 Å². The maximum atomic E-state index is 11.9. The van der Waals surface area contributed by atoms with Crippen molar-refractivity contribution in [2.45, 2.75) is 20.0 Å². The summed E-state index contributed by atoms with van der Waals surface area (Å²) in [4.78, 5) is 11.9. The molecule has 22 heavy (non-hydrogen) atoms.